The summed E-state index contributed by atoms with van der Waals surface area (Å²) in [5.74, 6) is 0. The minimum Gasteiger partial charge on any atom is -0.366 e. The summed E-state index contributed by atoms with van der Waals surface area (Å²) < 4.78 is 0. The van der Waals surface area contributed by atoms with E-state index in [1.54, 1.807) is 0 Å². The van der Waals surface area contributed by atoms with Gasteiger partial charge >= 0.3 is 0 Å². The maximum Gasteiger partial charge on any atom is 0.104 e. The van der Waals surface area contributed by atoms with E-state index in [0.29, 0.717) is 0 Å². The minimum atomic E-state index is -0.0865. The van der Waals surface area contributed by atoms with Crippen LogP contribution in [0.2, 0.25) is 0 Å². The van der Waals surface area contributed by atoms with Gasteiger partial charge in [-0.15, -0.1) is 0 Å². The lowest BCUT2D eigenvalue weighted by Crippen LogP contribution is -2.39. The van der Waals surface area contributed by atoms with Crippen LogP contribution >= 0.6 is 0 Å². The van der Waals surface area contributed by atoms with E-state index in [9.17, 15) is 0 Å². The molecule has 1 aliphatic heterocycles. The van der Waals surface area contributed by atoms with Crippen LogP contribution in [0.5, 0.6) is 0 Å². The van der Waals surface area contributed by atoms with E-state index in [1.807, 2.05) is 0 Å². The molecule has 2 heteroatoms. The van der Waals surface area contributed by atoms with Gasteiger partial charge in [-0.05, 0) is 88.3 Å². The number of rotatable bonds is 4. The number of nitrogens with one attached hydrogen (secondary N) is 2. The summed E-state index contributed by atoms with van der Waals surface area (Å²) in [6.07, 6.45) is 2.32. The van der Waals surface area contributed by atoms with Crippen molar-refractivity contribution in [3.05, 3.63) is 199 Å². The molecule has 0 saturated carbocycles. The molecule has 0 fully saturated rings. The average Bonchev–Trinajstić information content (AvgIpc) is 3.20. The van der Waals surface area contributed by atoms with Crippen molar-refractivity contribution in [2.75, 3.05) is 0 Å². The maximum absolute atomic E-state index is 3.99. The van der Waals surface area contributed by atoms with Gasteiger partial charge < -0.3 is 5.32 Å². The Hall–Kier alpha value is -6.22. The van der Waals surface area contributed by atoms with E-state index in [1.165, 1.54) is 81.7 Å². The van der Waals surface area contributed by atoms with Crippen LogP contribution < -0.4 is 10.6 Å². The summed E-state index contributed by atoms with van der Waals surface area (Å²) in [5.41, 5.74) is 7.33. The highest BCUT2D eigenvalue weighted by atomic mass is 15.2. The molecular weight excluding hydrogens is 605 g/mol. The van der Waals surface area contributed by atoms with Gasteiger partial charge in [0, 0.05) is 11.3 Å². The SMILES string of the molecule is C1=C(c2c3ccccc3c(-c3ccccc3)c3c2ccc2ccccc23)NC(c2ccccc2)NC1c1ccc2c(ccc3ccccc32)c1. The molecule has 2 atom stereocenters. The van der Waals surface area contributed by atoms with Crippen molar-refractivity contribution in [3.8, 4) is 11.1 Å². The lowest BCUT2D eigenvalue weighted by Gasteiger charge is -2.34. The molecule has 0 bridgehead atoms. The Balaban J connectivity index is 1.25. The summed E-state index contributed by atoms with van der Waals surface area (Å²) in [6, 6.07) is 64.1. The first-order valence-electron chi connectivity index (χ1n) is 17.4. The molecule has 236 valence electrons. The molecule has 0 saturated heterocycles. The third-order valence-electron chi connectivity index (χ3n) is 10.5. The van der Waals surface area contributed by atoms with Gasteiger partial charge in [0.05, 0.1) is 6.04 Å². The Morgan fingerprint density at radius 3 is 1.72 bits per heavy atom. The first-order chi connectivity index (χ1) is 24.8. The number of fused-ring (bicyclic) bond motifs is 7. The zero-order valence-electron chi connectivity index (χ0n) is 27.5. The fourth-order valence-corrected chi connectivity index (χ4v) is 8.18. The predicted molar refractivity (Wildman–Crippen MR) is 212 cm³/mol. The predicted octanol–water partition coefficient (Wildman–Crippen LogP) is 12.1. The number of hydrogen-bond donors (Lipinski definition) is 2. The first-order valence-corrected chi connectivity index (χ1v) is 17.4. The largest absolute Gasteiger partial charge is 0.366 e. The van der Waals surface area contributed by atoms with Crippen molar-refractivity contribution < 1.29 is 0 Å². The highest BCUT2D eigenvalue weighted by Crippen LogP contribution is 2.45. The van der Waals surface area contributed by atoms with E-state index in [0.717, 1.165) is 5.70 Å². The highest BCUT2D eigenvalue weighted by Gasteiger charge is 2.27. The van der Waals surface area contributed by atoms with Crippen molar-refractivity contribution in [2.45, 2.75) is 12.2 Å². The molecule has 1 heterocycles. The molecule has 0 spiro atoms. The smallest absolute Gasteiger partial charge is 0.104 e. The second kappa shape index (κ2) is 11.7. The maximum atomic E-state index is 3.99. The molecule has 0 aliphatic carbocycles. The molecule has 0 aromatic heterocycles. The lowest BCUT2D eigenvalue weighted by molar-refractivity contribution is 0.443. The van der Waals surface area contributed by atoms with Gasteiger partial charge in [0.2, 0.25) is 0 Å². The molecule has 0 radical (unpaired) electrons. The van der Waals surface area contributed by atoms with E-state index in [-0.39, 0.29) is 12.2 Å². The summed E-state index contributed by atoms with van der Waals surface area (Å²) in [7, 11) is 0. The van der Waals surface area contributed by atoms with E-state index in [4.69, 9.17) is 0 Å². The number of benzene rings is 9. The first kappa shape index (κ1) is 28.8. The second-order valence-electron chi connectivity index (χ2n) is 13.4. The Bertz CT molecular complexity index is 2760. The Morgan fingerprint density at radius 1 is 0.380 bits per heavy atom. The third kappa shape index (κ3) is 4.69. The van der Waals surface area contributed by atoms with Gasteiger partial charge in [-0.2, -0.15) is 0 Å². The molecule has 2 nitrogen and oxygen atoms in total. The van der Waals surface area contributed by atoms with E-state index in [2.05, 4.69) is 193 Å². The van der Waals surface area contributed by atoms with Crippen molar-refractivity contribution in [3.63, 3.8) is 0 Å². The lowest BCUT2D eigenvalue weighted by atomic mass is 9.84. The molecular formula is C48H34N2. The Labute approximate surface area is 291 Å². The van der Waals surface area contributed by atoms with Crippen LogP contribution in [-0.2, 0) is 0 Å². The monoisotopic (exact) mass is 638 g/mol. The Morgan fingerprint density at radius 2 is 0.940 bits per heavy atom. The van der Waals surface area contributed by atoms with Gasteiger partial charge in [0.25, 0.3) is 0 Å². The van der Waals surface area contributed by atoms with Crippen LogP contribution in [0.1, 0.15) is 28.9 Å². The summed E-state index contributed by atoms with van der Waals surface area (Å²) >= 11 is 0. The quantitative estimate of drug-likeness (QED) is 0.148. The molecule has 9 aromatic carbocycles. The highest BCUT2D eigenvalue weighted by molar-refractivity contribution is 6.25. The molecule has 50 heavy (non-hydrogen) atoms. The van der Waals surface area contributed by atoms with E-state index < -0.39 is 0 Å². The van der Waals surface area contributed by atoms with E-state index >= 15 is 0 Å². The molecule has 2 N–H and O–H groups in total. The van der Waals surface area contributed by atoms with Crippen LogP contribution in [0.3, 0.4) is 0 Å². The van der Waals surface area contributed by atoms with Crippen LogP contribution in [0, 0.1) is 0 Å². The fourth-order valence-electron chi connectivity index (χ4n) is 8.18. The minimum absolute atomic E-state index is 0.0182. The normalized spacial score (nSPS) is 16.2. The fraction of sp³-hybridized carbons (Fsp3) is 0.0417. The summed E-state index contributed by atoms with van der Waals surface area (Å²) in [6.45, 7) is 0. The van der Waals surface area contributed by atoms with Gasteiger partial charge in [0.1, 0.15) is 6.17 Å². The summed E-state index contributed by atoms with van der Waals surface area (Å²) in [5, 5.41) is 20.6. The van der Waals surface area contributed by atoms with Crippen LogP contribution in [-0.4, -0.2) is 0 Å². The molecule has 9 aromatic rings. The van der Waals surface area contributed by atoms with Gasteiger partial charge in [0.15, 0.2) is 0 Å². The molecule has 2 unspecified atom stereocenters. The number of hydrogen-bond acceptors (Lipinski definition) is 2. The Kier molecular flexibility index (Phi) is 6.75. The van der Waals surface area contributed by atoms with Crippen LogP contribution in [0.15, 0.2) is 182 Å². The van der Waals surface area contributed by atoms with Gasteiger partial charge in [-0.1, -0.05) is 170 Å². The van der Waals surface area contributed by atoms with Gasteiger partial charge in [-0.3, -0.25) is 5.32 Å². The molecule has 1 aliphatic rings. The van der Waals surface area contributed by atoms with Crippen molar-refractivity contribution in [2.24, 2.45) is 0 Å². The third-order valence-corrected chi connectivity index (χ3v) is 10.5. The summed E-state index contributed by atoms with van der Waals surface area (Å²) in [4.78, 5) is 0. The topological polar surface area (TPSA) is 24.1 Å². The van der Waals surface area contributed by atoms with Gasteiger partial charge in [-0.25, -0.2) is 0 Å². The van der Waals surface area contributed by atoms with Crippen LogP contribution in [0.25, 0.3) is 70.7 Å². The standard InChI is InChI=1S/C48H34N2/c1-3-15-33(16-4-1)45-40-21-11-12-22-41(40)46(42-28-25-32-14-8-10-20-39(32)47(42)45)44-30-43(49-48(50-44)34-17-5-2-6-18-34)36-26-27-38-35(29-36)24-23-31-13-7-9-19-37(31)38/h1-30,43,48-50H. The average molecular weight is 639 g/mol. The van der Waals surface area contributed by atoms with Crippen molar-refractivity contribution >= 4 is 59.6 Å². The van der Waals surface area contributed by atoms with Crippen LogP contribution in [0.4, 0.5) is 0 Å². The van der Waals surface area contributed by atoms with Crippen molar-refractivity contribution in [1.29, 1.82) is 0 Å². The molecule has 0 amide bonds. The molecule has 10 rings (SSSR count). The van der Waals surface area contributed by atoms with Crippen molar-refractivity contribution in [1.82, 2.24) is 10.6 Å². The zero-order valence-corrected chi connectivity index (χ0v) is 27.5. The zero-order chi connectivity index (χ0) is 33.0. The second-order valence-corrected chi connectivity index (χ2v) is 13.4.